The van der Waals surface area contributed by atoms with E-state index in [9.17, 15) is 4.39 Å². The molecule has 0 N–H and O–H groups in total. The fourth-order valence-corrected chi connectivity index (χ4v) is 7.82. The average molecular weight is 558 g/mol. The van der Waals surface area contributed by atoms with Crippen molar-refractivity contribution in [3.8, 4) is 34.2 Å². The van der Waals surface area contributed by atoms with Crippen molar-refractivity contribution in [2.45, 2.75) is 19.8 Å². The van der Waals surface area contributed by atoms with Crippen LogP contribution in [0.4, 0.5) is 4.39 Å². The van der Waals surface area contributed by atoms with E-state index in [2.05, 4.69) is 19.1 Å². The molecule has 1 aliphatic rings. The highest BCUT2D eigenvalue weighted by molar-refractivity contribution is 7.82. The van der Waals surface area contributed by atoms with E-state index in [0.29, 0.717) is 29.0 Å². The van der Waals surface area contributed by atoms with Gasteiger partial charge in [0.05, 0.1) is 0 Å². The SMILES string of the molecule is CC1C=CC(P(=O)(c2ccccc2)c2cccc(-c3nc(-c4ccccc4)nc(-c4ccc(F)cc4)n3)c2)=CCC1. The zero-order chi connectivity index (χ0) is 28.2. The van der Waals surface area contributed by atoms with Crippen LogP contribution in [-0.4, -0.2) is 15.0 Å². The number of rotatable bonds is 6. The Morgan fingerprint density at radius 2 is 1.24 bits per heavy atom. The molecule has 6 rings (SSSR count). The summed E-state index contributed by atoms with van der Waals surface area (Å²) in [6.07, 6.45) is 8.22. The fraction of sp³-hybridized carbons (Fsp3) is 0.114. The predicted molar refractivity (Wildman–Crippen MR) is 165 cm³/mol. The van der Waals surface area contributed by atoms with Crippen LogP contribution in [0.25, 0.3) is 34.2 Å². The number of hydrogen-bond donors (Lipinski definition) is 0. The Labute approximate surface area is 239 Å². The lowest BCUT2D eigenvalue weighted by atomic mass is 10.1. The van der Waals surface area contributed by atoms with Crippen LogP contribution in [0.5, 0.6) is 0 Å². The number of hydrogen-bond acceptors (Lipinski definition) is 4. The van der Waals surface area contributed by atoms with Gasteiger partial charge in [-0.15, -0.1) is 0 Å². The molecule has 202 valence electrons. The Bertz CT molecular complexity index is 1780. The molecular formula is C35H29FN3OP. The first-order chi connectivity index (χ1) is 20.0. The third-order valence-corrected chi connectivity index (χ3v) is 10.4. The van der Waals surface area contributed by atoms with Crippen LogP contribution in [0.3, 0.4) is 0 Å². The van der Waals surface area contributed by atoms with Gasteiger partial charge in [-0.05, 0) is 49.1 Å². The van der Waals surface area contributed by atoms with E-state index >= 15 is 4.57 Å². The van der Waals surface area contributed by atoms with Crippen molar-refractivity contribution in [1.29, 1.82) is 0 Å². The quantitative estimate of drug-likeness (QED) is 0.198. The molecule has 0 amide bonds. The van der Waals surface area contributed by atoms with Crippen LogP contribution >= 0.6 is 7.14 Å². The lowest BCUT2D eigenvalue weighted by Crippen LogP contribution is -2.17. The fourth-order valence-electron chi connectivity index (χ4n) is 5.03. The van der Waals surface area contributed by atoms with Gasteiger partial charge in [-0.2, -0.15) is 0 Å². The molecule has 0 fully saturated rings. The summed E-state index contributed by atoms with van der Waals surface area (Å²) in [6, 6.07) is 33.2. The maximum absolute atomic E-state index is 15.2. The Morgan fingerprint density at radius 1 is 0.683 bits per heavy atom. The van der Waals surface area contributed by atoms with Crippen molar-refractivity contribution < 1.29 is 8.96 Å². The second kappa shape index (κ2) is 11.6. The molecular weight excluding hydrogens is 528 g/mol. The van der Waals surface area contributed by atoms with E-state index in [1.165, 1.54) is 12.1 Å². The van der Waals surface area contributed by atoms with Gasteiger partial charge in [0.2, 0.25) is 0 Å². The first kappa shape index (κ1) is 26.7. The Kier molecular flexibility index (Phi) is 7.54. The molecule has 2 unspecified atom stereocenters. The Hall–Kier alpha value is -4.47. The lowest BCUT2D eigenvalue weighted by molar-refractivity contribution is 0.591. The molecule has 4 nitrogen and oxygen atoms in total. The van der Waals surface area contributed by atoms with E-state index < -0.39 is 7.14 Å². The number of aromatic nitrogens is 3. The van der Waals surface area contributed by atoms with E-state index in [4.69, 9.17) is 15.0 Å². The van der Waals surface area contributed by atoms with E-state index in [-0.39, 0.29) is 5.82 Å². The zero-order valence-electron chi connectivity index (χ0n) is 22.7. The van der Waals surface area contributed by atoms with Crippen molar-refractivity contribution in [3.63, 3.8) is 0 Å². The highest BCUT2D eigenvalue weighted by Crippen LogP contribution is 2.53. The lowest BCUT2D eigenvalue weighted by Gasteiger charge is -2.21. The van der Waals surface area contributed by atoms with Crippen molar-refractivity contribution in [1.82, 2.24) is 15.0 Å². The third-order valence-electron chi connectivity index (χ3n) is 7.29. The second-order valence-electron chi connectivity index (χ2n) is 10.2. The molecule has 0 spiro atoms. The summed E-state index contributed by atoms with van der Waals surface area (Å²) in [5, 5.41) is 2.35. The number of nitrogens with zero attached hydrogens (tertiary/aromatic N) is 3. The summed E-state index contributed by atoms with van der Waals surface area (Å²) in [7, 11) is -3.19. The van der Waals surface area contributed by atoms with Crippen LogP contribution in [0.2, 0.25) is 0 Å². The first-order valence-corrected chi connectivity index (χ1v) is 15.4. The minimum absolute atomic E-state index is 0.327. The molecule has 41 heavy (non-hydrogen) atoms. The summed E-state index contributed by atoms with van der Waals surface area (Å²) in [6.45, 7) is 2.19. The predicted octanol–water partition coefficient (Wildman–Crippen LogP) is 8.20. The molecule has 5 aromatic rings. The maximum atomic E-state index is 15.2. The van der Waals surface area contributed by atoms with E-state index in [1.807, 2.05) is 91.0 Å². The Balaban J connectivity index is 1.52. The molecule has 0 aliphatic heterocycles. The van der Waals surface area contributed by atoms with Crippen LogP contribution < -0.4 is 10.6 Å². The van der Waals surface area contributed by atoms with Crippen molar-refractivity contribution in [2.75, 3.05) is 0 Å². The average Bonchev–Trinajstić information content (AvgIpc) is 3.26. The van der Waals surface area contributed by atoms with Crippen molar-refractivity contribution in [3.05, 3.63) is 139 Å². The molecule has 0 saturated heterocycles. The van der Waals surface area contributed by atoms with E-state index in [1.54, 1.807) is 12.1 Å². The number of allylic oxidation sites excluding steroid dienone is 4. The summed E-state index contributed by atoms with van der Waals surface area (Å²) >= 11 is 0. The zero-order valence-corrected chi connectivity index (χ0v) is 23.6. The summed E-state index contributed by atoms with van der Waals surface area (Å²) in [5.74, 6) is 1.50. The molecule has 0 bridgehead atoms. The third kappa shape index (κ3) is 5.59. The van der Waals surface area contributed by atoms with Gasteiger partial charge < -0.3 is 4.57 Å². The minimum atomic E-state index is -3.19. The van der Waals surface area contributed by atoms with E-state index in [0.717, 1.165) is 39.9 Å². The standard InChI is InChI=1S/C35H29FN3OP/c1-25-10-8-16-31(23-18-25)41(40,30-14-6-3-7-15-30)32-17-9-13-28(24-32)35-38-33(26-11-4-2-5-12-26)37-34(39-35)27-19-21-29(36)22-20-27/h2-7,9,11-25H,8,10H2,1H3. The van der Waals surface area contributed by atoms with Crippen LogP contribution in [0.1, 0.15) is 19.8 Å². The monoisotopic (exact) mass is 557 g/mol. The topological polar surface area (TPSA) is 55.7 Å². The van der Waals surface area contributed by atoms with Gasteiger partial charge in [0.15, 0.2) is 24.6 Å². The molecule has 0 radical (unpaired) electrons. The smallest absolute Gasteiger partial charge is 0.170 e. The second-order valence-corrected chi connectivity index (χ2v) is 13.0. The van der Waals surface area contributed by atoms with Gasteiger partial charge in [0, 0.05) is 32.6 Å². The molecule has 0 saturated carbocycles. The Morgan fingerprint density at radius 3 is 1.93 bits per heavy atom. The first-order valence-electron chi connectivity index (χ1n) is 13.7. The summed E-state index contributed by atoms with van der Waals surface area (Å²) < 4.78 is 28.9. The molecule has 4 aromatic carbocycles. The van der Waals surface area contributed by atoms with Gasteiger partial charge >= 0.3 is 0 Å². The normalized spacial score (nSPS) is 16.4. The van der Waals surface area contributed by atoms with Crippen LogP contribution in [0.15, 0.2) is 133 Å². The maximum Gasteiger partial charge on any atom is 0.170 e. The highest BCUT2D eigenvalue weighted by atomic mass is 31.2. The molecule has 1 heterocycles. The molecule has 1 aromatic heterocycles. The van der Waals surface area contributed by atoms with Gasteiger partial charge in [-0.3, -0.25) is 0 Å². The largest absolute Gasteiger partial charge is 0.309 e. The van der Waals surface area contributed by atoms with Gasteiger partial charge in [-0.1, -0.05) is 104 Å². The highest BCUT2D eigenvalue weighted by Gasteiger charge is 2.31. The molecule has 2 atom stereocenters. The summed E-state index contributed by atoms with van der Waals surface area (Å²) in [5.41, 5.74) is 2.25. The van der Waals surface area contributed by atoms with Gasteiger partial charge in [0.1, 0.15) is 5.82 Å². The van der Waals surface area contributed by atoms with Crippen molar-refractivity contribution >= 4 is 17.8 Å². The van der Waals surface area contributed by atoms with Gasteiger partial charge in [0.25, 0.3) is 0 Å². The molecule has 6 heteroatoms. The van der Waals surface area contributed by atoms with Gasteiger partial charge in [-0.25, -0.2) is 19.3 Å². The molecule has 1 aliphatic carbocycles. The minimum Gasteiger partial charge on any atom is -0.309 e. The number of benzene rings is 4. The number of halogens is 1. The van der Waals surface area contributed by atoms with Crippen molar-refractivity contribution in [2.24, 2.45) is 5.92 Å². The van der Waals surface area contributed by atoms with Crippen LogP contribution in [-0.2, 0) is 4.57 Å². The summed E-state index contributed by atoms with van der Waals surface area (Å²) in [4.78, 5) is 14.4. The van der Waals surface area contributed by atoms with Crippen LogP contribution in [0, 0.1) is 11.7 Å².